The number of ether oxygens (including phenoxy) is 1. The van der Waals surface area contributed by atoms with Crippen LogP contribution in [-0.4, -0.2) is 15.2 Å². The van der Waals surface area contributed by atoms with E-state index in [0.717, 1.165) is 22.7 Å². The van der Waals surface area contributed by atoms with E-state index in [1.54, 1.807) is 22.3 Å². The summed E-state index contributed by atoms with van der Waals surface area (Å²) in [5.74, 6) is 5.64. The van der Waals surface area contributed by atoms with Gasteiger partial charge in [-0.1, -0.05) is 154 Å². The van der Waals surface area contributed by atoms with Crippen LogP contribution < -0.4 is 4.74 Å². The average Bonchev–Trinajstić information content (AvgIpc) is 3.88. The number of benzene rings is 3. The third-order valence-electron chi connectivity index (χ3n) is 15.5. The Labute approximate surface area is 396 Å². The molecule has 0 spiro atoms. The molecular formula is C58H82OSiZr. The van der Waals surface area contributed by atoms with Crippen LogP contribution in [0.2, 0.25) is 24.2 Å². The van der Waals surface area contributed by atoms with Crippen LogP contribution in [-0.2, 0) is 37.0 Å². The topological polar surface area (TPSA) is 9.23 Å². The van der Waals surface area contributed by atoms with E-state index in [2.05, 4.69) is 166 Å². The molecule has 0 aromatic heterocycles. The Hall–Kier alpha value is -2.48. The van der Waals surface area contributed by atoms with Crippen LogP contribution in [0.1, 0.15) is 117 Å². The van der Waals surface area contributed by atoms with Crippen molar-refractivity contribution >= 4 is 19.2 Å². The molecule has 0 bridgehead atoms. The van der Waals surface area contributed by atoms with Crippen molar-refractivity contribution < 1.29 is 30.9 Å². The second-order valence-corrected chi connectivity index (χ2v) is 26.5. The van der Waals surface area contributed by atoms with E-state index in [9.17, 15) is 0 Å². The van der Waals surface area contributed by atoms with Gasteiger partial charge >= 0.3 is 26.2 Å². The summed E-state index contributed by atoms with van der Waals surface area (Å²) in [6.07, 6.45) is 16.9. The van der Waals surface area contributed by atoms with E-state index in [0.29, 0.717) is 35.5 Å². The van der Waals surface area contributed by atoms with Crippen LogP contribution in [0.15, 0.2) is 102 Å². The summed E-state index contributed by atoms with van der Waals surface area (Å²) in [4.78, 5) is 0. The maximum Gasteiger partial charge on any atom is 4.00 e. The van der Waals surface area contributed by atoms with Crippen LogP contribution in [0.5, 0.6) is 5.75 Å². The molecule has 0 saturated heterocycles. The minimum absolute atomic E-state index is 0. The van der Waals surface area contributed by atoms with Crippen molar-refractivity contribution in [2.24, 2.45) is 41.4 Å². The second-order valence-electron chi connectivity index (χ2n) is 21.6. The quantitative estimate of drug-likeness (QED) is 0.170. The summed E-state index contributed by atoms with van der Waals surface area (Å²) in [6.45, 7) is 27.7. The molecule has 0 heterocycles. The monoisotopic (exact) mass is 913 g/mol. The zero-order chi connectivity index (χ0) is 39.9. The zero-order valence-electron chi connectivity index (χ0n) is 41.3. The van der Waals surface area contributed by atoms with Crippen molar-refractivity contribution in [3.8, 4) is 16.9 Å². The molecule has 61 heavy (non-hydrogen) atoms. The molecule has 3 heteroatoms. The number of rotatable bonds is 7. The summed E-state index contributed by atoms with van der Waals surface area (Å²) in [6, 6.07) is 25.5. The largest absolute Gasteiger partial charge is 4.00 e. The van der Waals surface area contributed by atoms with Crippen molar-refractivity contribution in [2.45, 2.75) is 129 Å². The molecule has 0 aliphatic heterocycles. The Morgan fingerprint density at radius 3 is 1.87 bits per heavy atom. The number of methoxy groups -OCH3 is 1. The first-order chi connectivity index (χ1) is 26.5. The number of allylic oxidation sites excluding steroid dienone is 8. The van der Waals surface area contributed by atoms with Gasteiger partial charge in [-0.2, -0.15) is 0 Å². The fourth-order valence-electron chi connectivity index (χ4n) is 13.3. The Balaban J connectivity index is 0.00000198. The molecule has 3 aromatic rings. The van der Waals surface area contributed by atoms with E-state index in [-0.39, 0.29) is 66.7 Å². The second kappa shape index (κ2) is 19.7. The van der Waals surface area contributed by atoms with Crippen LogP contribution in [0.4, 0.5) is 0 Å². The molecule has 8 rings (SSSR count). The third kappa shape index (κ3) is 9.24. The Morgan fingerprint density at radius 2 is 1.30 bits per heavy atom. The van der Waals surface area contributed by atoms with Gasteiger partial charge in [-0.05, 0) is 152 Å². The normalized spacial score (nSPS) is 26.6. The molecule has 5 aliphatic carbocycles. The van der Waals surface area contributed by atoms with Crippen LogP contribution in [0, 0.1) is 71.1 Å². The van der Waals surface area contributed by atoms with Gasteiger partial charge in [-0.3, -0.25) is 0 Å². The first-order valence-electron chi connectivity index (χ1n) is 22.2. The van der Waals surface area contributed by atoms with Crippen molar-refractivity contribution in [2.75, 3.05) is 7.11 Å². The van der Waals surface area contributed by atoms with Crippen molar-refractivity contribution in [3.63, 3.8) is 0 Å². The molecule has 8 unspecified atom stereocenters. The fourth-order valence-corrected chi connectivity index (χ4v) is 19.6. The van der Waals surface area contributed by atoms with Gasteiger partial charge in [0.2, 0.25) is 0 Å². The molecule has 3 aromatic carbocycles. The van der Waals surface area contributed by atoms with Gasteiger partial charge in [0.15, 0.2) is 0 Å². The first kappa shape index (κ1) is 52.9. The Bertz CT molecular complexity index is 2060. The first-order valence-corrected chi connectivity index (χ1v) is 25.4. The number of fused-ring (bicyclic) bond motifs is 3. The number of hydrogen-bond donors (Lipinski definition) is 0. The average molecular weight is 915 g/mol. The predicted octanol–water partition coefficient (Wildman–Crippen LogP) is 16.9. The summed E-state index contributed by atoms with van der Waals surface area (Å²) < 4.78 is 6.29. The van der Waals surface area contributed by atoms with Gasteiger partial charge in [0.1, 0.15) is 5.75 Å². The maximum atomic E-state index is 6.29. The van der Waals surface area contributed by atoms with Gasteiger partial charge in [-0.25, -0.2) is 0 Å². The van der Waals surface area contributed by atoms with E-state index < -0.39 is 8.07 Å². The van der Waals surface area contributed by atoms with E-state index >= 15 is 0 Å². The van der Waals surface area contributed by atoms with Crippen molar-refractivity contribution in [1.29, 1.82) is 0 Å². The molecule has 5 aliphatic rings. The van der Waals surface area contributed by atoms with E-state index in [4.69, 9.17) is 4.74 Å². The Kier molecular flexibility index (Phi) is 17.1. The summed E-state index contributed by atoms with van der Waals surface area (Å²) >= 11 is 0. The SMILES string of the molecule is COc1c(C(C)(C)C)cc(C2=C3CCCC3=CC3C2CC(C)C3[Si](C)(C)C2C3C=CC=C(c4ccccc4-c4ccccc4)C3CC2C(C)C)cc1C(C)(C)C.[CH3-].[CH3-].[CH3-].[CH3-].[Zr+4]. The molecular weight excluding hydrogens is 832 g/mol. The zero-order valence-corrected chi connectivity index (χ0v) is 44.8. The van der Waals surface area contributed by atoms with Gasteiger partial charge in [0.25, 0.3) is 0 Å². The van der Waals surface area contributed by atoms with E-state index in [1.165, 1.54) is 65.5 Å². The molecule has 1 nitrogen and oxygen atoms in total. The van der Waals surface area contributed by atoms with Crippen molar-refractivity contribution in [1.82, 2.24) is 0 Å². The van der Waals surface area contributed by atoms with E-state index in [1.807, 2.05) is 7.11 Å². The predicted molar refractivity (Wildman–Crippen MR) is 270 cm³/mol. The molecule has 328 valence electrons. The third-order valence-corrected chi connectivity index (χ3v) is 20.7. The molecule has 8 atom stereocenters. The van der Waals surface area contributed by atoms with Crippen LogP contribution in [0.25, 0.3) is 22.3 Å². The summed E-state index contributed by atoms with van der Waals surface area (Å²) in [5.41, 5.74) is 16.6. The molecule has 0 amide bonds. The molecule has 0 radical (unpaired) electrons. The number of hydrogen-bond acceptors (Lipinski definition) is 1. The summed E-state index contributed by atoms with van der Waals surface area (Å²) in [5, 5.41) is 0. The van der Waals surface area contributed by atoms with Gasteiger partial charge in [-0.15, -0.1) is 0 Å². The fraction of sp³-hybridized carbons (Fsp3) is 0.483. The van der Waals surface area contributed by atoms with Gasteiger partial charge in [0.05, 0.1) is 15.2 Å². The molecule has 3 saturated carbocycles. The minimum Gasteiger partial charge on any atom is -0.496 e. The molecule has 3 fully saturated rings. The molecule has 0 N–H and O–H groups in total. The summed E-state index contributed by atoms with van der Waals surface area (Å²) in [7, 11) is -0.00613. The van der Waals surface area contributed by atoms with Gasteiger partial charge < -0.3 is 34.4 Å². The van der Waals surface area contributed by atoms with Crippen molar-refractivity contribution in [3.05, 3.63) is 154 Å². The Morgan fingerprint density at radius 1 is 0.705 bits per heavy atom. The minimum atomic E-state index is -1.89. The van der Waals surface area contributed by atoms with Crippen LogP contribution >= 0.6 is 0 Å². The smallest absolute Gasteiger partial charge is 0.496 e. The standard InChI is InChI=1S/C54H70OSi.4CH3.Zr/c1-33(2)43-32-44-41(40-24-17-16-23-38(40)35-20-14-13-15-21-35)26-19-27-42(44)52(43)56(11,12)51-34(3)28-45-46(51)29-36-22-18-25-39(36)49(45)37-30-47(53(4,5)6)50(55-10)48(31-37)54(7,8)9;;;;;/h13-17,19-21,23-24,26-27,29-31,33-34,42-46,51-52H,18,22,25,28,32H2,1-12H3;4*1H3;/q;4*-1;+4. The van der Waals surface area contributed by atoms with Crippen LogP contribution in [0.3, 0.4) is 0 Å². The maximum absolute atomic E-state index is 6.29. The van der Waals surface area contributed by atoms with Gasteiger partial charge in [0, 0.05) is 11.1 Å².